The van der Waals surface area contributed by atoms with Crippen LogP contribution < -0.4 is 4.74 Å². The van der Waals surface area contributed by atoms with Crippen molar-refractivity contribution < 1.29 is 9.66 Å². The van der Waals surface area contributed by atoms with Gasteiger partial charge in [-0.05, 0) is 12.1 Å². The third-order valence-corrected chi connectivity index (χ3v) is 2.18. The van der Waals surface area contributed by atoms with E-state index in [0.717, 1.165) is 0 Å². The van der Waals surface area contributed by atoms with Crippen LogP contribution in [0.4, 0.5) is 5.69 Å². The predicted octanol–water partition coefficient (Wildman–Crippen LogP) is 1.35. The van der Waals surface area contributed by atoms with Gasteiger partial charge in [0, 0.05) is 5.39 Å². The summed E-state index contributed by atoms with van der Waals surface area (Å²) >= 11 is 0. The monoisotopic (exact) mass is 218 g/mol. The summed E-state index contributed by atoms with van der Waals surface area (Å²) in [6, 6.07) is 4.85. The largest absolute Gasteiger partial charge is 0.490 e. The Morgan fingerprint density at radius 3 is 2.94 bits per heavy atom. The minimum atomic E-state index is -0.569. The van der Waals surface area contributed by atoms with E-state index in [1.54, 1.807) is 6.07 Å². The molecule has 0 fully saturated rings. The number of aromatic nitrogens is 2. The first-order chi connectivity index (χ1) is 7.69. The van der Waals surface area contributed by atoms with Crippen LogP contribution in [0.25, 0.3) is 10.9 Å². The van der Waals surface area contributed by atoms with Gasteiger partial charge in [-0.2, -0.15) is 10.4 Å². The van der Waals surface area contributed by atoms with Gasteiger partial charge in [0.1, 0.15) is 11.6 Å². The van der Waals surface area contributed by atoms with E-state index in [1.807, 2.05) is 6.07 Å². The van der Waals surface area contributed by atoms with Gasteiger partial charge in [-0.1, -0.05) is 0 Å². The normalized spacial score (nSPS) is 10.0. The molecule has 0 aliphatic carbocycles. The van der Waals surface area contributed by atoms with Crippen molar-refractivity contribution in [2.45, 2.75) is 0 Å². The quantitative estimate of drug-likeness (QED) is 0.605. The summed E-state index contributed by atoms with van der Waals surface area (Å²) in [5.41, 5.74) is 0.107. The summed E-state index contributed by atoms with van der Waals surface area (Å²) in [5, 5.41) is 26.2. The molecule has 7 nitrogen and oxygen atoms in total. The van der Waals surface area contributed by atoms with Crippen molar-refractivity contribution in [3.63, 3.8) is 0 Å². The van der Waals surface area contributed by atoms with Crippen LogP contribution in [0.15, 0.2) is 12.1 Å². The maximum Gasteiger partial charge on any atom is 0.336 e. The van der Waals surface area contributed by atoms with Gasteiger partial charge in [-0.15, -0.1) is 0 Å². The van der Waals surface area contributed by atoms with Crippen LogP contribution in [0.2, 0.25) is 0 Å². The molecule has 0 saturated heterocycles. The van der Waals surface area contributed by atoms with E-state index in [1.165, 1.54) is 13.2 Å². The molecule has 16 heavy (non-hydrogen) atoms. The molecule has 0 saturated carbocycles. The highest BCUT2D eigenvalue weighted by atomic mass is 16.6. The summed E-state index contributed by atoms with van der Waals surface area (Å²) < 4.78 is 4.89. The van der Waals surface area contributed by atoms with Crippen molar-refractivity contribution in [1.82, 2.24) is 10.2 Å². The molecule has 7 heteroatoms. The van der Waals surface area contributed by atoms with E-state index in [9.17, 15) is 10.1 Å². The van der Waals surface area contributed by atoms with Gasteiger partial charge in [0.2, 0.25) is 0 Å². The highest BCUT2D eigenvalue weighted by Gasteiger charge is 2.22. The summed E-state index contributed by atoms with van der Waals surface area (Å²) in [5.74, 6) is 0.130. The zero-order chi connectivity index (χ0) is 11.7. The first-order valence-electron chi connectivity index (χ1n) is 4.28. The molecular formula is C9H6N4O3. The Labute approximate surface area is 89.4 Å². The lowest BCUT2D eigenvalue weighted by atomic mass is 10.2. The number of methoxy groups -OCH3 is 1. The molecular weight excluding hydrogens is 212 g/mol. The van der Waals surface area contributed by atoms with E-state index in [4.69, 9.17) is 10.00 Å². The number of ether oxygens (including phenoxy) is 1. The van der Waals surface area contributed by atoms with Gasteiger partial charge in [0.15, 0.2) is 11.4 Å². The van der Waals surface area contributed by atoms with Gasteiger partial charge in [0.05, 0.1) is 12.0 Å². The van der Waals surface area contributed by atoms with E-state index in [0.29, 0.717) is 5.39 Å². The summed E-state index contributed by atoms with van der Waals surface area (Å²) in [4.78, 5) is 10.3. The SMILES string of the molecule is COc1ccc2c(C#N)n[nH]c2c1[N+](=O)[O-]. The average Bonchev–Trinajstić information content (AvgIpc) is 2.69. The van der Waals surface area contributed by atoms with Crippen molar-refractivity contribution in [3.05, 3.63) is 27.9 Å². The fraction of sp³-hybridized carbons (Fsp3) is 0.111. The number of nitro groups is 1. The molecule has 1 N–H and O–H groups in total. The third-order valence-electron chi connectivity index (χ3n) is 2.18. The number of nitrogens with one attached hydrogen (secondary N) is 1. The molecule has 0 atom stereocenters. The Bertz CT molecular complexity index is 611. The first kappa shape index (κ1) is 9.92. The smallest absolute Gasteiger partial charge is 0.336 e. The minimum Gasteiger partial charge on any atom is -0.490 e. The Kier molecular flexibility index (Phi) is 2.17. The summed E-state index contributed by atoms with van der Waals surface area (Å²) in [6.45, 7) is 0. The Balaban J connectivity index is 2.86. The van der Waals surface area contributed by atoms with Crippen molar-refractivity contribution in [3.8, 4) is 11.8 Å². The Hall–Kier alpha value is -2.62. The van der Waals surface area contributed by atoms with Crippen molar-refractivity contribution in [2.75, 3.05) is 7.11 Å². The molecule has 0 aliphatic heterocycles. The lowest BCUT2D eigenvalue weighted by Crippen LogP contribution is -1.94. The summed E-state index contributed by atoms with van der Waals surface area (Å²) in [6.07, 6.45) is 0. The molecule has 0 bridgehead atoms. The standard InChI is InChI=1S/C9H6N4O3/c1-16-7-3-2-5-6(4-10)11-12-8(5)9(7)13(14)15/h2-3H,1H3,(H,11,12). The lowest BCUT2D eigenvalue weighted by Gasteiger charge is -2.01. The van der Waals surface area contributed by atoms with Gasteiger partial charge in [0.25, 0.3) is 0 Å². The topological polar surface area (TPSA) is 105 Å². The van der Waals surface area contributed by atoms with Gasteiger partial charge in [-0.3, -0.25) is 15.2 Å². The number of H-pyrrole nitrogens is 1. The maximum atomic E-state index is 10.9. The second-order valence-corrected chi connectivity index (χ2v) is 2.98. The number of nitro benzene ring substituents is 1. The van der Waals surface area contributed by atoms with Crippen LogP contribution in [0.5, 0.6) is 5.75 Å². The van der Waals surface area contributed by atoms with Crippen LogP contribution in [-0.2, 0) is 0 Å². The molecule has 2 aromatic rings. The van der Waals surface area contributed by atoms with Crippen molar-refractivity contribution in [2.24, 2.45) is 0 Å². The molecule has 0 radical (unpaired) electrons. The Morgan fingerprint density at radius 1 is 1.62 bits per heavy atom. The molecule has 0 aliphatic rings. The second-order valence-electron chi connectivity index (χ2n) is 2.98. The van der Waals surface area contributed by atoms with Crippen molar-refractivity contribution in [1.29, 1.82) is 5.26 Å². The number of nitrogens with zero attached hydrogens (tertiary/aromatic N) is 3. The van der Waals surface area contributed by atoms with Crippen LogP contribution in [0, 0.1) is 21.4 Å². The Morgan fingerprint density at radius 2 is 2.38 bits per heavy atom. The molecule has 1 aromatic heterocycles. The minimum absolute atomic E-state index is 0.126. The van der Waals surface area contributed by atoms with Gasteiger partial charge < -0.3 is 4.74 Å². The van der Waals surface area contributed by atoms with Crippen molar-refractivity contribution >= 4 is 16.6 Å². The van der Waals surface area contributed by atoms with Crippen LogP contribution in [0.1, 0.15) is 5.69 Å². The number of rotatable bonds is 2. The average molecular weight is 218 g/mol. The molecule has 0 spiro atoms. The lowest BCUT2D eigenvalue weighted by molar-refractivity contribution is -0.384. The first-order valence-corrected chi connectivity index (χ1v) is 4.28. The zero-order valence-electron chi connectivity index (χ0n) is 8.22. The van der Waals surface area contributed by atoms with E-state index >= 15 is 0 Å². The highest BCUT2D eigenvalue weighted by Crippen LogP contribution is 2.34. The molecule has 0 amide bonds. The number of hydrogen-bond acceptors (Lipinski definition) is 5. The highest BCUT2D eigenvalue weighted by molar-refractivity contribution is 5.93. The van der Waals surface area contributed by atoms with Gasteiger partial charge in [-0.25, -0.2) is 0 Å². The number of hydrogen-bond donors (Lipinski definition) is 1. The molecule has 1 aromatic carbocycles. The fourth-order valence-corrected chi connectivity index (χ4v) is 1.49. The third kappa shape index (κ3) is 1.25. The fourth-order valence-electron chi connectivity index (χ4n) is 1.49. The van der Waals surface area contributed by atoms with Crippen LogP contribution in [0.3, 0.4) is 0 Å². The number of benzene rings is 1. The number of nitriles is 1. The zero-order valence-corrected chi connectivity index (χ0v) is 8.22. The van der Waals surface area contributed by atoms with Gasteiger partial charge >= 0.3 is 5.69 Å². The molecule has 80 valence electrons. The molecule has 2 rings (SSSR count). The van der Waals surface area contributed by atoms with E-state index in [2.05, 4.69) is 10.2 Å². The number of fused-ring (bicyclic) bond motifs is 1. The van der Waals surface area contributed by atoms with E-state index < -0.39 is 4.92 Å². The van der Waals surface area contributed by atoms with Crippen LogP contribution >= 0.6 is 0 Å². The summed E-state index contributed by atoms with van der Waals surface area (Å²) in [7, 11) is 1.34. The maximum absolute atomic E-state index is 10.9. The predicted molar refractivity (Wildman–Crippen MR) is 54.0 cm³/mol. The van der Waals surface area contributed by atoms with Crippen LogP contribution in [-0.4, -0.2) is 22.2 Å². The molecule has 1 heterocycles. The second kappa shape index (κ2) is 3.51. The number of aromatic amines is 1. The molecule has 0 unspecified atom stereocenters. The van der Waals surface area contributed by atoms with E-state index in [-0.39, 0.29) is 22.6 Å².